The lowest BCUT2D eigenvalue weighted by molar-refractivity contribution is -0.543. The molecule has 3 rings (SSSR count). The van der Waals surface area contributed by atoms with Gasteiger partial charge in [-0.15, -0.1) is 0 Å². The fourth-order valence-corrected chi connectivity index (χ4v) is 2.83. The Bertz CT molecular complexity index is 521. The minimum absolute atomic E-state index is 0.335. The number of aromatic nitrogens is 2. The third-order valence-electron chi connectivity index (χ3n) is 4.14. The highest BCUT2D eigenvalue weighted by Gasteiger charge is 2.65. The van der Waals surface area contributed by atoms with E-state index in [0.29, 0.717) is 29.9 Å². The van der Waals surface area contributed by atoms with Crippen LogP contribution in [0.25, 0.3) is 0 Å². The molecule has 7 nitrogen and oxygen atoms in total. The SMILES string of the molecule is C[C@@H]1[C@]2(O)C(=[N+]([O-])[C@]1(C)N)CCc1nonc12. The maximum atomic E-state index is 12.1. The molecule has 0 unspecified atom stereocenters. The van der Waals surface area contributed by atoms with Crippen LogP contribution in [-0.4, -0.2) is 31.5 Å². The van der Waals surface area contributed by atoms with Gasteiger partial charge in [0.05, 0.1) is 5.92 Å². The largest absolute Gasteiger partial charge is 0.622 e. The van der Waals surface area contributed by atoms with Crippen molar-refractivity contribution in [1.29, 1.82) is 0 Å². The normalized spacial score (nSPS) is 40.4. The number of nitrogens with zero attached hydrogens (tertiary/aromatic N) is 3. The van der Waals surface area contributed by atoms with E-state index in [9.17, 15) is 10.3 Å². The van der Waals surface area contributed by atoms with E-state index in [-0.39, 0.29) is 0 Å². The van der Waals surface area contributed by atoms with E-state index in [0.717, 1.165) is 4.74 Å². The van der Waals surface area contributed by atoms with Crippen LogP contribution >= 0.6 is 0 Å². The summed E-state index contributed by atoms with van der Waals surface area (Å²) in [5, 5.41) is 30.4. The Hall–Kier alpha value is -1.47. The summed E-state index contributed by atoms with van der Waals surface area (Å²) in [6.45, 7) is 3.35. The van der Waals surface area contributed by atoms with Crippen molar-refractivity contribution in [1.82, 2.24) is 10.3 Å². The zero-order chi connectivity index (χ0) is 12.4. The molecule has 1 aromatic heterocycles. The summed E-state index contributed by atoms with van der Waals surface area (Å²) < 4.78 is 5.38. The summed E-state index contributed by atoms with van der Waals surface area (Å²) in [6, 6.07) is 0. The van der Waals surface area contributed by atoms with Crippen LogP contribution in [0.5, 0.6) is 0 Å². The topological polar surface area (TPSA) is 111 Å². The van der Waals surface area contributed by atoms with Crippen molar-refractivity contribution in [3.63, 3.8) is 0 Å². The summed E-state index contributed by atoms with van der Waals surface area (Å²) in [5.74, 6) is -0.478. The lowest BCUT2D eigenvalue weighted by Gasteiger charge is -2.29. The zero-order valence-electron chi connectivity index (χ0n) is 9.67. The number of hydrogen-bond acceptors (Lipinski definition) is 6. The maximum Gasteiger partial charge on any atom is 0.227 e. The van der Waals surface area contributed by atoms with Gasteiger partial charge in [0.15, 0.2) is 5.69 Å². The molecule has 0 aromatic carbocycles. The number of hydroxylamine groups is 1. The monoisotopic (exact) mass is 238 g/mol. The second-order valence-electron chi connectivity index (χ2n) is 5.01. The first-order valence-corrected chi connectivity index (χ1v) is 5.57. The van der Waals surface area contributed by atoms with Gasteiger partial charge in [-0.25, -0.2) is 4.63 Å². The third-order valence-corrected chi connectivity index (χ3v) is 4.14. The molecule has 3 atom stereocenters. The maximum absolute atomic E-state index is 12.1. The summed E-state index contributed by atoms with van der Waals surface area (Å²) in [4.78, 5) is 0. The van der Waals surface area contributed by atoms with E-state index in [2.05, 4.69) is 14.9 Å². The van der Waals surface area contributed by atoms with Gasteiger partial charge in [0.25, 0.3) is 0 Å². The van der Waals surface area contributed by atoms with Gasteiger partial charge in [-0.2, -0.15) is 4.74 Å². The van der Waals surface area contributed by atoms with Gasteiger partial charge in [0.2, 0.25) is 17.0 Å². The minimum Gasteiger partial charge on any atom is -0.622 e. The molecule has 0 saturated heterocycles. The predicted molar refractivity (Wildman–Crippen MR) is 56.9 cm³/mol. The average molecular weight is 238 g/mol. The summed E-state index contributed by atoms with van der Waals surface area (Å²) in [7, 11) is 0. The number of rotatable bonds is 0. The Kier molecular flexibility index (Phi) is 1.79. The smallest absolute Gasteiger partial charge is 0.227 e. The van der Waals surface area contributed by atoms with Crippen LogP contribution in [0, 0.1) is 11.1 Å². The Morgan fingerprint density at radius 2 is 2.24 bits per heavy atom. The van der Waals surface area contributed by atoms with Gasteiger partial charge in [0, 0.05) is 19.8 Å². The van der Waals surface area contributed by atoms with Gasteiger partial charge in [-0.3, -0.25) is 5.73 Å². The lowest BCUT2D eigenvalue weighted by Crippen LogP contribution is -2.51. The fourth-order valence-electron chi connectivity index (χ4n) is 2.83. The summed E-state index contributed by atoms with van der Waals surface area (Å²) in [6.07, 6.45) is 0.969. The third kappa shape index (κ3) is 1.01. The molecule has 0 spiro atoms. The van der Waals surface area contributed by atoms with E-state index < -0.39 is 17.2 Å². The molecule has 3 N–H and O–H groups in total. The van der Waals surface area contributed by atoms with Crippen LogP contribution in [0.2, 0.25) is 0 Å². The van der Waals surface area contributed by atoms with Crippen LogP contribution < -0.4 is 5.73 Å². The van der Waals surface area contributed by atoms with Crippen molar-refractivity contribution < 1.29 is 14.5 Å². The average Bonchev–Trinajstić information content (AvgIpc) is 2.80. The van der Waals surface area contributed by atoms with Gasteiger partial charge in [0.1, 0.15) is 5.69 Å². The predicted octanol–water partition coefficient (Wildman–Crippen LogP) is -0.521. The molecule has 7 heteroatoms. The molecule has 0 bridgehead atoms. The molecule has 0 radical (unpaired) electrons. The second-order valence-corrected chi connectivity index (χ2v) is 5.01. The molecule has 0 saturated carbocycles. The molecular formula is C10H14N4O3. The zero-order valence-corrected chi connectivity index (χ0v) is 9.67. The van der Waals surface area contributed by atoms with Crippen molar-refractivity contribution in [2.24, 2.45) is 11.7 Å². The van der Waals surface area contributed by atoms with Crippen molar-refractivity contribution >= 4 is 5.71 Å². The van der Waals surface area contributed by atoms with Gasteiger partial charge >= 0.3 is 0 Å². The fraction of sp³-hybridized carbons (Fsp3) is 0.700. The minimum atomic E-state index is -1.45. The molecule has 0 fully saturated rings. The molecule has 2 aliphatic rings. The van der Waals surface area contributed by atoms with Gasteiger partial charge in [-0.1, -0.05) is 17.2 Å². The summed E-state index contributed by atoms with van der Waals surface area (Å²) >= 11 is 0. The second kappa shape index (κ2) is 2.85. The standard InChI is InChI=1S/C10H14N4O3/c1-5-9(2,11)14(16)7-4-3-6-8(10(5,7)15)13-17-12-6/h5,15H,3-4,11H2,1-2H3/t5-,9-,10-/m0/s1. The Balaban J connectivity index is 2.27. The Morgan fingerprint density at radius 3 is 2.94 bits per heavy atom. The molecule has 1 aliphatic heterocycles. The van der Waals surface area contributed by atoms with E-state index in [1.807, 2.05) is 0 Å². The number of aryl methyl sites for hydroxylation is 1. The van der Waals surface area contributed by atoms with E-state index in [1.165, 1.54) is 0 Å². The molecule has 17 heavy (non-hydrogen) atoms. The highest BCUT2D eigenvalue weighted by Crippen LogP contribution is 2.46. The van der Waals surface area contributed by atoms with Gasteiger partial charge < -0.3 is 10.3 Å². The molecule has 1 aromatic rings. The Morgan fingerprint density at radius 1 is 1.53 bits per heavy atom. The van der Waals surface area contributed by atoms with Crippen LogP contribution in [0.15, 0.2) is 4.63 Å². The van der Waals surface area contributed by atoms with Crippen molar-refractivity contribution in [2.45, 2.75) is 38.0 Å². The first-order chi connectivity index (χ1) is 7.90. The molecule has 2 heterocycles. The van der Waals surface area contributed by atoms with Crippen LogP contribution in [0.4, 0.5) is 0 Å². The number of hydrogen-bond donors (Lipinski definition) is 2. The van der Waals surface area contributed by atoms with Crippen molar-refractivity contribution in [3.05, 3.63) is 16.6 Å². The van der Waals surface area contributed by atoms with Crippen LogP contribution in [-0.2, 0) is 12.0 Å². The van der Waals surface area contributed by atoms with Gasteiger partial charge in [-0.05, 0) is 0 Å². The first-order valence-electron chi connectivity index (χ1n) is 5.57. The Labute approximate surface area is 97.5 Å². The number of nitrogens with two attached hydrogens (primary N) is 1. The van der Waals surface area contributed by atoms with E-state index in [4.69, 9.17) is 5.73 Å². The lowest BCUT2D eigenvalue weighted by atomic mass is 9.74. The molecule has 1 aliphatic carbocycles. The summed E-state index contributed by atoms with van der Waals surface area (Å²) in [5.41, 5.74) is 4.70. The molecular weight excluding hydrogens is 224 g/mol. The highest BCUT2D eigenvalue weighted by atomic mass is 16.6. The number of fused-ring (bicyclic) bond motifs is 3. The quantitative estimate of drug-likeness (QED) is 0.464. The number of aliphatic hydroxyl groups is 1. The van der Waals surface area contributed by atoms with Crippen molar-refractivity contribution in [3.8, 4) is 0 Å². The molecule has 0 amide bonds. The van der Waals surface area contributed by atoms with E-state index >= 15 is 0 Å². The van der Waals surface area contributed by atoms with E-state index in [1.54, 1.807) is 13.8 Å². The van der Waals surface area contributed by atoms with Crippen molar-refractivity contribution in [2.75, 3.05) is 0 Å². The van der Waals surface area contributed by atoms with Crippen LogP contribution in [0.1, 0.15) is 31.7 Å². The molecule has 92 valence electrons. The van der Waals surface area contributed by atoms with Crippen LogP contribution in [0.3, 0.4) is 0 Å². The first kappa shape index (κ1) is 10.7. The highest BCUT2D eigenvalue weighted by molar-refractivity contribution is 5.92.